The summed E-state index contributed by atoms with van der Waals surface area (Å²) in [7, 11) is 6.58. The van der Waals surface area contributed by atoms with Crippen LogP contribution in [0.2, 0.25) is 0 Å². The highest BCUT2D eigenvalue weighted by molar-refractivity contribution is 6.16. The van der Waals surface area contributed by atoms with Crippen molar-refractivity contribution in [2.75, 3.05) is 28.4 Å². The fourth-order valence-electron chi connectivity index (χ4n) is 5.36. The van der Waals surface area contributed by atoms with Gasteiger partial charge in [0.1, 0.15) is 23.0 Å². The number of fused-ring (bicyclic) bond motifs is 2. The van der Waals surface area contributed by atoms with Gasteiger partial charge in [-0.3, -0.25) is 4.79 Å². The molecule has 0 bridgehead atoms. The second-order valence-electron chi connectivity index (χ2n) is 10.0. The minimum absolute atomic E-state index is 0.0880. The van der Waals surface area contributed by atoms with Gasteiger partial charge in [0, 0.05) is 11.1 Å². The van der Waals surface area contributed by atoms with Gasteiger partial charge in [-0.05, 0) is 117 Å². The summed E-state index contributed by atoms with van der Waals surface area (Å²) in [6.45, 7) is 0. The molecule has 0 unspecified atom stereocenters. The molecule has 0 saturated carbocycles. The van der Waals surface area contributed by atoms with Gasteiger partial charge in [0.05, 0.1) is 28.4 Å². The van der Waals surface area contributed by atoms with Gasteiger partial charge in [-0.15, -0.1) is 0 Å². The summed E-state index contributed by atoms with van der Waals surface area (Å²) in [5.74, 6) is 2.86. The Morgan fingerprint density at radius 3 is 1.14 bits per heavy atom. The highest BCUT2D eigenvalue weighted by Crippen LogP contribution is 2.37. The van der Waals surface area contributed by atoms with Gasteiger partial charge in [-0.25, -0.2) is 0 Å². The van der Waals surface area contributed by atoms with Crippen molar-refractivity contribution in [3.8, 4) is 45.3 Å². The first kappa shape index (κ1) is 26.9. The van der Waals surface area contributed by atoms with E-state index in [2.05, 4.69) is 12.1 Å². The van der Waals surface area contributed by atoms with Crippen LogP contribution in [-0.4, -0.2) is 34.2 Å². The van der Waals surface area contributed by atoms with Gasteiger partial charge in [0.2, 0.25) is 0 Å². The van der Waals surface area contributed by atoms with Crippen LogP contribution in [0.4, 0.5) is 0 Å². The van der Waals surface area contributed by atoms with Gasteiger partial charge in [-0.2, -0.15) is 0 Å². The molecule has 0 aliphatic heterocycles. The number of hydrogen-bond acceptors (Lipinski definition) is 5. The number of ether oxygens (including phenoxy) is 4. The Balaban J connectivity index is 1.49. The van der Waals surface area contributed by atoms with E-state index in [0.29, 0.717) is 22.6 Å². The molecular formula is C37H30O5. The number of hydrogen-bond donors (Lipinski definition) is 0. The van der Waals surface area contributed by atoms with Crippen molar-refractivity contribution in [1.29, 1.82) is 0 Å². The highest BCUT2D eigenvalue weighted by Gasteiger charge is 2.21. The Labute approximate surface area is 244 Å². The summed E-state index contributed by atoms with van der Waals surface area (Å²) in [6, 6.07) is 35.4. The van der Waals surface area contributed by atoms with Crippen LogP contribution >= 0.6 is 0 Å². The SMILES string of the molecule is COc1ccc(C(=O)c2ccc(OC)cc2-c2ccc3cc(OC)ccc3c2)c(-c2ccc3cc(OC)ccc3c2)c1. The Morgan fingerprint density at radius 2 is 0.738 bits per heavy atom. The predicted molar refractivity (Wildman–Crippen MR) is 168 cm³/mol. The molecule has 5 nitrogen and oxygen atoms in total. The maximum atomic E-state index is 14.4. The zero-order chi connectivity index (χ0) is 29.2. The van der Waals surface area contributed by atoms with Crippen LogP contribution in [0.1, 0.15) is 15.9 Å². The minimum atomic E-state index is -0.0880. The van der Waals surface area contributed by atoms with Crippen molar-refractivity contribution in [2.45, 2.75) is 0 Å². The number of ketones is 1. The van der Waals surface area contributed by atoms with Crippen LogP contribution in [0.15, 0.2) is 109 Å². The third kappa shape index (κ3) is 5.01. The minimum Gasteiger partial charge on any atom is -0.497 e. The molecule has 208 valence electrons. The standard InChI is InChI=1S/C37H30O5/c1-39-29-11-9-23-17-27(7-5-25(23)19-29)35-21-31(41-3)13-15-33(35)37(38)34-16-14-32(42-4)22-36(34)28-8-6-26-20-30(40-2)12-10-24(26)18-28/h5-22H,1-4H3. The lowest BCUT2D eigenvalue weighted by atomic mass is 9.88. The lowest BCUT2D eigenvalue weighted by molar-refractivity contribution is 0.104. The van der Waals surface area contributed by atoms with E-state index in [4.69, 9.17) is 18.9 Å². The maximum Gasteiger partial charge on any atom is 0.194 e. The molecule has 0 N–H and O–H groups in total. The van der Waals surface area contributed by atoms with Crippen LogP contribution < -0.4 is 18.9 Å². The summed E-state index contributed by atoms with van der Waals surface area (Å²) in [5, 5.41) is 4.21. The van der Waals surface area contributed by atoms with Crippen molar-refractivity contribution in [2.24, 2.45) is 0 Å². The zero-order valence-electron chi connectivity index (χ0n) is 23.9. The second-order valence-corrected chi connectivity index (χ2v) is 10.0. The molecule has 6 aromatic rings. The largest absolute Gasteiger partial charge is 0.497 e. The molecule has 0 aliphatic rings. The van der Waals surface area contributed by atoms with Gasteiger partial charge < -0.3 is 18.9 Å². The first-order chi connectivity index (χ1) is 20.5. The number of rotatable bonds is 8. The molecule has 6 aromatic carbocycles. The molecule has 0 spiro atoms. The van der Waals surface area contributed by atoms with Crippen molar-refractivity contribution in [1.82, 2.24) is 0 Å². The zero-order valence-corrected chi connectivity index (χ0v) is 23.9. The summed E-state index contributed by atoms with van der Waals surface area (Å²) in [6.07, 6.45) is 0. The Kier molecular flexibility index (Phi) is 7.24. The smallest absolute Gasteiger partial charge is 0.194 e. The van der Waals surface area contributed by atoms with Crippen LogP contribution in [0, 0.1) is 0 Å². The summed E-state index contributed by atoms with van der Waals surface area (Å²) in [4.78, 5) is 14.4. The van der Waals surface area contributed by atoms with Gasteiger partial charge in [0.15, 0.2) is 5.78 Å². The van der Waals surface area contributed by atoms with E-state index >= 15 is 0 Å². The molecule has 6 rings (SSSR count). The van der Waals surface area contributed by atoms with Crippen molar-refractivity contribution in [3.05, 3.63) is 120 Å². The lowest BCUT2D eigenvalue weighted by Crippen LogP contribution is -2.06. The van der Waals surface area contributed by atoms with Crippen LogP contribution in [-0.2, 0) is 0 Å². The molecule has 0 radical (unpaired) electrons. The molecule has 0 amide bonds. The number of benzene rings is 6. The summed E-state index contributed by atoms with van der Waals surface area (Å²) >= 11 is 0. The van der Waals surface area contributed by atoms with E-state index in [1.54, 1.807) is 28.4 Å². The molecule has 42 heavy (non-hydrogen) atoms. The molecule has 0 saturated heterocycles. The summed E-state index contributed by atoms with van der Waals surface area (Å²) < 4.78 is 21.9. The predicted octanol–water partition coefficient (Wildman–Crippen LogP) is 8.59. The molecular weight excluding hydrogens is 524 g/mol. The maximum absolute atomic E-state index is 14.4. The quantitative estimate of drug-likeness (QED) is 0.176. The van der Waals surface area contributed by atoms with Crippen LogP contribution in [0.5, 0.6) is 23.0 Å². The first-order valence-electron chi connectivity index (χ1n) is 13.6. The van der Waals surface area contributed by atoms with Gasteiger partial charge in [-0.1, -0.05) is 36.4 Å². The van der Waals surface area contributed by atoms with Crippen molar-refractivity contribution in [3.63, 3.8) is 0 Å². The Bertz CT molecular complexity index is 1820. The van der Waals surface area contributed by atoms with E-state index < -0.39 is 0 Å². The van der Waals surface area contributed by atoms with E-state index in [9.17, 15) is 4.79 Å². The van der Waals surface area contributed by atoms with Gasteiger partial charge in [0.25, 0.3) is 0 Å². The number of carbonyl (C=O) groups is 1. The fourth-order valence-corrected chi connectivity index (χ4v) is 5.36. The van der Waals surface area contributed by atoms with Crippen LogP contribution in [0.3, 0.4) is 0 Å². The molecule has 0 aromatic heterocycles. The Hall–Kier alpha value is -5.29. The third-order valence-electron chi connectivity index (χ3n) is 7.66. The average Bonchev–Trinajstić information content (AvgIpc) is 3.06. The van der Waals surface area contributed by atoms with E-state index in [1.165, 1.54) is 0 Å². The topological polar surface area (TPSA) is 54.0 Å². The van der Waals surface area contributed by atoms with Gasteiger partial charge >= 0.3 is 0 Å². The molecule has 0 aliphatic carbocycles. The number of carbonyl (C=O) groups excluding carboxylic acids is 1. The monoisotopic (exact) mass is 554 g/mol. The van der Waals surface area contributed by atoms with Crippen molar-refractivity contribution < 1.29 is 23.7 Å². The summed E-state index contributed by atoms with van der Waals surface area (Å²) in [5.41, 5.74) is 4.60. The first-order valence-corrected chi connectivity index (χ1v) is 13.6. The normalized spacial score (nSPS) is 11.0. The highest BCUT2D eigenvalue weighted by atomic mass is 16.5. The molecule has 0 fully saturated rings. The fraction of sp³-hybridized carbons (Fsp3) is 0.108. The second kappa shape index (κ2) is 11.3. The number of methoxy groups -OCH3 is 4. The van der Waals surface area contributed by atoms with E-state index in [-0.39, 0.29) is 5.78 Å². The van der Waals surface area contributed by atoms with Crippen LogP contribution in [0.25, 0.3) is 43.8 Å². The lowest BCUT2D eigenvalue weighted by Gasteiger charge is -2.16. The van der Waals surface area contributed by atoms with E-state index in [0.717, 1.165) is 55.3 Å². The average molecular weight is 555 g/mol. The Morgan fingerprint density at radius 1 is 0.405 bits per heavy atom. The third-order valence-corrected chi connectivity index (χ3v) is 7.66. The molecule has 0 atom stereocenters. The van der Waals surface area contributed by atoms with E-state index in [1.807, 2.05) is 97.1 Å². The van der Waals surface area contributed by atoms with Crippen molar-refractivity contribution >= 4 is 27.3 Å². The molecule has 5 heteroatoms. The molecule has 0 heterocycles.